The molecular formula is C20H31N3O3. The van der Waals surface area contributed by atoms with Gasteiger partial charge in [0.2, 0.25) is 5.91 Å². The van der Waals surface area contributed by atoms with Crippen molar-refractivity contribution in [2.45, 2.75) is 70.9 Å². The predicted molar refractivity (Wildman–Crippen MR) is 100 cm³/mol. The zero-order valence-electron chi connectivity index (χ0n) is 16.2. The number of hydrogen-bond donors (Lipinski definition) is 0. The molecular weight excluding hydrogens is 330 g/mol. The first-order valence-corrected chi connectivity index (χ1v) is 9.81. The Morgan fingerprint density at radius 3 is 2.58 bits per heavy atom. The van der Waals surface area contributed by atoms with E-state index in [4.69, 9.17) is 4.74 Å². The molecule has 6 nitrogen and oxygen atoms in total. The highest BCUT2D eigenvalue weighted by Gasteiger charge is 2.27. The fourth-order valence-corrected chi connectivity index (χ4v) is 3.72. The van der Waals surface area contributed by atoms with Crippen molar-refractivity contribution in [3.05, 3.63) is 28.2 Å². The molecule has 6 heteroatoms. The Labute approximate surface area is 155 Å². The summed E-state index contributed by atoms with van der Waals surface area (Å²) in [5, 5.41) is 4.57. The molecule has 2 saturated heterocycles. The molecule has 1 amide bonds. The van der Waals surface area contributed by atoms with Crippen molar-refractivity contribution in [1.82, 2.24) is 14.7 Å². The summed E-state index contributed by atoms with van der Waals surface area (Å²) >= 11 is 0. The first-order chi connectivity index (χ1) is 12.3. The number of ether oxygens (including phenoxy) is 1. The Hall–Kier alpha value is -1.69. The fourth-order valence-electron chi connectivity index (χ4n) is 3.72. The summed E-state index contributed by atoms with van der Waals surface area (Å²) in [6, 6.07) is 3.44. The lowest BCUT2D eigenvalue weighted by molar-refractivity contribution is -0.134. The van der Waals surface area contributed by atoms with Crippen molar-refractivity contribution < 1.29 is 9.53 Å². The van der Waals surface area contributed by atoms with Gasteiger partial charge in [0.25, 0.3) is 5.56 Å². The highest BCUT2D eigenvalue weighted by molar-refractivity contribution is 5.76. The van der Waals surface area contributed by atoms with Crippen LogP contribution < -0.4 is 5.56 Å². The second kappa shape index (κ2) is 7.91. The zero-order chi connectivity index (χ0) is 18.7. The van der Waals surface area contributed by atoms with Gasteiger partial charge < -0.3 is 9.64 Å². The summed E-state index contributed by atoms with van der Waals surface area (Å²) < 4.78 is 7.18. The van der Waals surface area contributed by atoms with E-state index >= 15 is 0 Å². The predicted octanol–water partition coefficient (Wildman–Crippen LogP) is 2.35. The molecule has 1 aromatic heterocycles. The molecule has 2 aliphatic heterocycles. The summed E-state index contributed by atoms with van der Waals surface area (Å²) in [6.45, 7) is 9.26. The third kappa shape index (κ3) is 4.72. The van der Waals surface area contributed by atoms with Crippen molar-refractivity contribution in [2.75, 3.05) is 19.7 Å². The highest BCUT2D eigenvalue weighted by atomic mass is 16.5. The van der Waals surface area contributed by atoms with Crippen LogP contribution in [0.5, 0.6) is 0 Å². The quantitative estimate of drug-likeness (QED) is 0.826. The number of aromatic nitrogens is 2. The van der Waals surface area contributed by atoms with Crippen LogP contribution in [0.1, 0.15) is 58.6 Å². The lowest BCUT2D eigenvalue weighted by Crippen LogP contribution is -2.41. The Kier molecular flexibility index (Phi) is 5.80. The van der Waals surface area contributed by atoms with Crippen molar-refractivity contribution in [2.24, 2.45) is 5.92 Å². The van der Waals surface area contributed by atoms with E-state index in [2.05, 4.69) is 25.9 Å². The Balaban J connectivity index is 1.54. The molecule has 0 bridgehead atoms. The summed E-state index contributed by atoms with van der Waals surface area (Å²) in [7, 11) is 0. The number of hydrogen-bond acceptors (Lipinski definition) is 4. The molecule has 1 aromatic rings. The average molecular weight is 361 g/mol. The van der Waals surface area contributed by atoms with Gasteiger partial charge in [0.05, 0.1) is 18.2 Å². The first kappa shape index (κ1) is 19.1. The molecule has 1 unspecified atom stereocenters. The maximum absolute atomic E-state index is 12.4. The molecule has 3 heterocycles. The minimum atomic E-state index is -0.0759. The van der Waals surface area contributed by atoms with Crippen LogP contribution in [-0.4, -0.2) is 46.4 Å². The number of nitrogens with zero attached hydrogens (tertiary/aromatic N) is 3. The van der Waals surface area contributed by atoms with E-state index in [1.54, 1.807) is 10.7 Å². The van der Waals surface area contributed by atoms with E-state index < -0.39 is 0 Å². The Morgan fingerprint density at radius 2 is 1.96 bits per heavy atom. The number of carbonyl (C=O) groups is 1. The van der Waals surface area contributed by atoms with E-state index in [0.29, 0.717) is 18.9 Å². The molecule has 3 rings (SSSR count). The third-order valence-electron chi connectivity index (χ3n) is 5.46. The monoisotopic (exact) mass is 361 g/mol. The molecule has 2 fully saturated rings. The molecule has 0 radical (unpaired) electrons. The molecule has 26 heavy (non-hydrogen) atoms. The Morgan fingerprint density at radius 1 is 1.23 bits per heavy atom. The van der Waals surface area contributed by atoms with Gasteiger partial charge in [0.1, 0.15) is 0 Å². The highest BCUT2D eigenvalue weighted by Crippen LogP contribution is 2.22. The lowest BCUT2D eigenvalue weighted by atomic mass is 9.92. The smallest absolute Gasteiger partial charge is 0.266 e. The van der Waals surface area contributed by atoms with Crippen molar-refractivity contribution in [1.29, 1.82) is 0 Å². The van der Waals surface area contributed by atoms with Crippen LogP contribution in [-0.2, 0) is 21.5 Å². The third-order valence-corrected chi connectivity index (χ3v) is 5.46. The molecule has 2 aliphatic rings. The maximum atomic E-state index is 12.4. The van der Waals surface area contributed by atoms with Gasteiger partial charge in [-0.2, -0.15) is 5.10 Å². The van der Waals surface area contributed by atoms with Gasteiger partial charge in [-0.15, -0.1) is 0 Å². The largest absolute Gasteiger partial charge is 0.378 e. The lowest BCUT2D eigenvalue weighted by Gasteiger charge is -2.32. The summed E-state index contributed by atoms with van der Waals surface area (Å²) in [6.07, 6.45) is 4.54. The zero-order valence-corrected chi connectivity index (χ0v) is 16.2. The molecule has 1 atom stereocenters. The SMILES string of the molecule is CC(C)(C)c1ccc(=O)n(CC2CCN(C(=O)CC3CCCO3)CC2)n1. The minimum Gasteiger partial charge on any atom is -0.378 e. The topological polar surface area (TPSA) is 64.4 Å². The van der Waals surface area contributed by atoms with E-state index in [-0.39, 0.29) is 23.0 Å². The van der Waals surface area contributed by atoms with Crippen LogP contribution in [0.15, 0.2) is 16.9 Å². The Bertz CT molecular complexity index is 678. The van der Waals surface area contributed by atoms with Crippen LogP contribution in [0.3, 0.4) is 0 Å². The van der Waals surface area contributed by atoms with Crippen LogP contribution >= 0.6 is 0 Å². The first-order valence-electron chi connectivity index (χ1n) is 9.81. The fraction of sp³-hybridized carbons (Fsp3) is 0.750. The summed E-state index contributed by atoms with van der Waals surface area (Å²) in [5.74, 6) is 0.600. The van der Waals surface area contributed by atoms with Crippen LogP contribution in [0, 0.1) is 5.92 Å². The van der Waals surface area contributed by atoms with Gasteiger partial charge in [-0.1, -0.05) is 20.8 Å². The van der Waals surface area contributed by atoms with E-state index in [1.807, 2.05) is 11.0 Å². The average Bonchev–Trinajstić information content (AvgIpc) is 3.09. The maximum Gasteiger partial charge on any atom is 0.266 e. The van der Waals surface area contributed by atoms with Gasteiger partial charge in [0, 0.05) is 37.7 Å². The van der Waals surface area contributed by atoms with Gasteiger partial charge in [-0.3, -0.25) is 9.59 Å². The van der Waals surface area contributed by atoms with Crippen molar-refractivity contribution in [3.8, 4) is 0 Å². The molecule has 0 N–H and O–H groups in total. The molecule has 144 valence electrons. The second-order valence-electron chi connectivity index (χ2n) is 8.65. The summed E-state index contributed by atoms with van der Waals surface area (Å²) in [4.78, 5) is 26.5. The van der Waals surface area contributed by atoms with Crippen LogP contribution in [0.4, 0.5) is 0 Å². The van der Waals surface area contributed by atoms with E-state index in [0.717, 1.165) is 51.1 Å². The van der Waals surface area contributed by atoms with E-state index in [1.165, 1.54) is 0 Å². The van der Waals surface area contributed by atoms with Gasteiger partial charge in [-0.05, 0) is 37.7 Å². The molecule has 0 spiro atoms. The van der Waals surface area contributed by atoms with Crippen LogP contribution in [0.2, 0.25) is 0 Å². The number of piperidine rings is 1. The van der Waals surface area contributed by atoms with Gasteiger partial charge in [-0.25, -0.2) is 4.68 Å². The number of rotatable bonds is 4. The van der Waals surface area contributed by atoms with Crippen molar-refractivity contribution in [3.63, 3.8) is 0 Å². The van der Waals surface area contributed by atoms with Crippen LogP contribution in [0.25, 0.3) is 0 Å². The summed E-state index contributed by atoms with van der Waals surface area (Å²) in [5.41, 5.74) is 0.809. The van der Waals surface area contributed by atoms with Gasteiger partial charge >= 0.3 is 0 Å². The minimum absolute atomic E-state index is 0.0464. The molecule has 0 aromatic carbocycles. The number of amides is 1. The normalized spacial score (nSPS) is 22.0. The van der Waals surface area contributed by atoms with Gasteiger partial charge in [0.15, 0.2) is 0 Å². The number of likely N-dealkylation sites (tertiary alicyclic amines) is 1. The van der Waals surface area contributed by atoms with Crippen molar-refractivity contribution >= 4 is 5.91 Å². The molecule has 0 aliphatic carbocycles. The van der Waals surface area contributed by atoms with E-state index in [9.17, 15) is 9.59 Å². The second-order valence-corrected chi connectivity index (χ2v) is 8.65. The molecule has 0 saturated carbocycles. The standard InChI is InChI=1S/C20H31N3O3/c1-20(2,3)17-6-7-18(24)23(21-17)14-15-8-10-22(11-9-15)19(25)13-16-5-4-12-26-16/h6-7,15-16H,4-5,8-14H2,1-3H3. The number of carbonyl (C=O) groups excluding carboxylic acids is 1.